The van der Waals surface area contributed by atoms with Crippen LogP contribution in [0, 0.1) is 6.92 Å². The van der Waals surface area contributed by atoms with Gasteiger partial charge in [0.1, 0.15) is 5.69 Å². The molecule has 1 atom stereocenters. The molecule has 1 saturated heterocycles. The van der Waals surface area contributed by atoms with E-state index in [9.17, 15) is 9.90 Å². The zero-order valence-corrected chi connectivity index (χ0v) is 10.2. The molecule has 3 N–H and O–H groups in total. The lowest BCUT2D eigenvalue weighted by molar-refractivity contribution is 0.0465. The van der Waals surface area contributed by atoms with Crippen molar-refractivity contribution in [2.45, 2.75) is 25.9 Å². The summed E-state index contributed by atoms with van der Waals surface area (Å²) in [7, 11) is 1.71. The minimum Gasteiger partial charge on any atom is -0.395 e. The van der Waals surface area contributed by atoms with Gasteiger partial charge in [-0.3, -0.25) is 9.48 Å². The van der Waals surface area contributed by atoms with E-state index in [1.54, 1.807) is 18.9 Å². The Morgan fingerprint density at radius 1 is 1.59 bits per heavy atom. The number of carbonyl (C=O) groups is 1. The number of aliphatic hydroxyl groups excluding tert-OH is 1. The second-order valence-electron chi connectivity index (χ2n) is 4.52. The van der Waals surface area contributed by atoms with Gasteiger partial charge in [-0.1, -0.05) is 0 Å². The molecular formula is C11H18N4O2. The normalized spacial score (nSPS) is 20.6. The molecule has 1 aromatic heterocycles. The fourth-order valence-corrected chi connectivity index (χ4v) is 2.22. The summed E-state index contributed by atoms with van der Waals surface area (Å²) in [6.07, 6.45) is 1.15. The SMILES string of the molecule is Cc1nn(C)c(C(=O)N2CCC[C@H](O)C2)c1N. The summed E-state index contributed by atoms with van der Waals surface area (Å²) < 4.78 is 1.51. The number of likely N-dealkylation sites (tertiary alicyclic amines) is 1. The maximum Gasteiger partial charge on any atom is 0.274 e. The molecule has 1 aliphatic heterocycles. The highest BCUT2D eigenvalue weighted by Gasteiger charge is 2.27. The summed E-state index contributed by atoms with van der Waals surface area (Å²) in [4.78, 5) is 13.9. The Kier molecular flexibility index (Phi) is 3.06. The van der Waals surface area contributed by atoms with Crippen molar-refractivity contribution in [2.24, 2.45) is 7.05 Å². The van der Waals surface area contributed by atoms with Crippen LogP contribution in [0.15, 0.2) is 0 Å². The number of nitrogens with two attached hydrogens (primary N) is 1. The molecule has 0 saturated carbocycles. The first kappa shape index (κ1) is 11.9. The van der Waals surface area contributed by atoms with Crippen LogP contribution in [0.25, 0.3) is 0 Å². The van der Waals surface area contributed by atoms with E-state index in [-0.39, 0.29) is 5.91 Å². The number of nitrogen functional groups attached to an aromatic ring is 1. The molecule has 0 aromatic carbocycles. The number of hydrogen-bond donors (Lipinski definition) is 2. The van der Waals surface area contributed by atoms with Crippen LogP contribution in [0.1, 0.15) is 29.0 Å². The average molecular weight is 238 g/mol. The van der Waals surface area contributed by atoms with E-state index < -0.39 is 6.10 Å². The Balaban J connectivity index is 2.24. The summed E-state index contributed by atoms with van der Waals surface area (Å²) >= 11 is 0. The van der Waals surface area contributed by atoms with E-state index in [0.717, 1.165) is 12.8 Å². The van der Waals surface area contributed by atoms with Gasteiger partial charge in [-0.2, -0.15) is 5.10 Å². The van der Waals surface area contributed by atoms with Crippen molar-refractivity contribution in [3.63, 3.8) is 0 Å². The topological polar surface area (TPSA) is 84.4 Å². The van der Waals surface area contributed by atoms with Crippen LogP contribution in [0.5, 0.6) is 0 Å². The quantitative estimate of drug-likeness (QED) is 0.716. The van der Waals surface area contributed by atoms with Crippen LogP contribution in [0.4, 0.5) is 5.69 Å². The van der Waals surface area contributed by atoms with Gasteiger partial charge in [0.05, 0.1) is 17.5 Å². The Morgan fingerprint density at radius 2 is 2.29 bits per heavy atom. The Bertz CT molecular complexity index is 441. The predicted molar refractivity (Wildman–Crippen MR) is 63.5 cm³/mol. The first-order valence-electron chi connectivity index (χ1n) is 5.77. The number of rotatable bonds is 1. The van der Waals surface area contributed by atoms with Gasteiger partial charge < -0.3 is 15.7 Å². The number of piperidine rings is 1. The molecule has 17 heavy (non-hydrogen) atoms. The summed E-state index contributed by atoms with van der Waals surface area (Å²) in [5.74, 6) is -0.149. The molecule has 2 heterocycles. The molecule has 6 nitrogen and oxygen atoms in total. The Hall–Kier alpha value is -1.56. The molecule has 0 spiro atoms. The highest BCUT2D eigenvalue weighted by molar-refractivity contribution is 5.98. The third-order valence-corrected chi connectivity index (χ3v) is 3.15. The second kappa shape index (κ2) is 4.37. The molecule has 0 unspecified atom stereocenters. The van der Waals surface area contributed by atoms with Crippen molar-refractivity contribution in [3.05, 3.63) is 11.4 Å². The number of anilines is 1. The molecule has 1 aliphatic rings. The summed E-state index contributed by atoms with van der Waals surface area (Å²) in [6.45, 7) is 2.82. The molecule has 0 bridgehead atoms. The van der Waals surface area contributed by atoms with Crippen molar-refractivity contribution in [3.8, 4) is 0 Å². The van der Waals surface area contributed by atoms with Crippen LogP contribution in [0.2, 0.25) is 0 Å². The van der Waals surface area contributed by atoms with Crippen LogP contribution in [-0.2, 0) is 7.05 Å². The van der Waals surface area contributed by atoms with Crippen molar-refractivity contribution in [1.29, 1.82) is 0 Å². The minimum absolute atomic E-state index is 0.149. The van der Waals surface area contributed by atoms with E-state index in [1.165, 1.54) is 4.68 Å². The summed E-state index contributed by atoms with van der Waals surface area (Å²) in [5, 5.41) is 13.7. The second-order valence-corrected chi connectivity index (χ2v) is 4.52. The van der Waals surface area contributed by atoms with Crippen LogP contribution in [0.3, 0.4) is 0 Å². The highest BCUT2D eigenvalue weighted by Crippen LogP contribution is 2.19. The molecule has 0 aliphatic carbocycles. The van der Waals surface area contributed by atoms with Gasteiger partial charge in [0.2, 0.25) is 0 Å². The lowest BCUT2D eigenvalue weighted by Gasteiger charge is -2.30. The molecule has 94 valence electrons. The maximum atomic E-state index is 12.3. The van der Waals surface area contributed by atoms with Gasteiger partial charge in [0.25, 0.3) is 5.91 Å². The standard InChI is InChI=1S/C11H18N4O2/c1-7-9(12)10(14(2)13-7)11(17)15-5-3-4-8(16)6-15/h8,16H,3-6,12H2,1-2H3/t8-/m0/s1. The van der Waals surface area contributed by atoms with E-state index in [2.05, 4.69) is 5.10 Å². The van der Waals surface area contributed by atoms with Gasteiger partial charge in [-0.25, -0.2) is 0 Å². The number of aryl methyl sites for hydroxylation is 2. The van der Waals surface area contributed by atoms with Crippen LogP contribution < -0.4 is 5.73 Å². The predicted octanol–water partition coefficient (Wildman–Crippen LogP) is -0.0924. The van der Waals surface area contributed by atoms with E-state index >= 15 is 0 Å². The van der Waals surface area contributed by atoms with Crippen molar-refractivity contribution in [1.82, 2.24) is 14.7 Å². The molecule has 0 radical (unpaired) electrons. The number of aromatic nitrogens is 2. The lowest BCUT2D eigenvalue weighted by Crippen LogP contribution is -2.43. The highest BCUT2D eigenvalue weighted by atomic mass is 16.3. The van der Waals surface area contributed by atoms with Gasteiger partial charge in [-0.15, -0.1) is 0 Å². The number of β-amino-alcohol motifs (C(OH)–C–C–N with tert-alkyl or cyclic N) is 1. The number of nitrogens with zero attached hydrogens (tertiary/aromatic N) is 3. The number of amides is 1. The maximum absolute atomic E-state index is 12.3. The van der Waals surface area contributed by atoms with Crippen molar-refractivity contribution >= 4 is 11.6 Å². The molecular weight excluding hydrogens is 220 g/mol. The molecule has 6 heteroatoms. The third-order valence-electron chi connectivity index (χ3n) is 3.15. The van der Waals surface area contributed by atoms with Crippen molar-refractivity contribution in [2.75, 3.05) is 18.8 Å². The largest absolute Gasteiger partial charge is 0.395 e. The van der Waals surface area contributed by atoms with Crippen molar-refractivity contribution < 1.29 is 9.90 Å². The van der Waals surface area contributed by atoms with Gasteiger partial charge >= 0.3 is 0 Å². The fourth-order valence-electron chi connectivity index (χ4n) is 2.22. The van der Waals surface area contributed by atoms with Gasteiger partial charge in [0, 0.05) is 20.1 Å². The number of carbonyl (C=O) groups excluding carboxylic acids is 1. The average Bonchev–Trinajstić information content (AvgIpc) is 2.52. The molecule has 1 fully saturated rings. The zero-order valence-electron chi connectivity index (χ0n) is 10.2. The smallest absolute Gasteiger partial charge is 0.274 e. The first-order valence-corrected chi connectivity index (χ1v) is 5.77. The Morgan fingerprint density at radius 3 is 2.82 bits per heavy atom. The molecule has 1 aromatic rings. The lowest BCUT2D eigenvalue weighted by atomic mass is 10.1. The minimum atomic E-state index is -0.428. The number of aliphatic hydroxyl groups is 1. The first-order chi connectivity index (χ1) is 8.00. The van der Waals surface area contributed by atoms with E-state index in [1.807, 2.05) is 0 Å². The summed E-state index contributed by atoms with van der Waals surface area (Å²) in [6, 6.07) is 0. The summed E-state index contributed by atoms with van der Waals surface area (Å²) in [5.41, 5.74) is 7.35. The van der Waals surface area contributed by atoms with Crippen LogP contribution in [-0.4, -0.2) is 44.9 Å². The molecule has 2 rings (SSSR count). The van der Waals surface area contributed by atoms with Crippen LogP contribution >= 0.6 is 0 Å². The van der Waals surface area contributed by atoms with E-state index in [0.29, 0.717) is 30.2 Å². The third kappa shape index (κ3) is 2.12. The van der Waals surface area contributed by atoms with Gasteiger partial charge in [-0.05, 0) is 19.8 Å². The Labute approximate surface area is 100 Å². The number of hydrogen-bond acceptors (Lipinski definition) is 4. The molecule has 1 amide bonds. The zero-order chi connectivity index (χ0) is 12.6. The van der Waals surface area contributed by atoms with Gasteiger partial charge in [0.15, 0.2) is 0 Å². The monoisotopic (exact) mass is 238 g/mol. The fraction of sp³-hybridized carbons (Fsp3) is 0.636. The van der Waals surface area contributed by atoms with E-state index in [4.69, 9.17) is 5.73 Å².